The van der Waals surface area contributed by atoms with E-state index in [0.717, 1.165) is 16.3 Å². The molecule has 21 heavy (non-hydrogen) atoms. The van der Waals surface area contributed by atoms with E-state index >= 15 is 0 Å². The standard InChI is InChI=1S/C17H14O4/c18-14-3-2-11-7-13(16(20)9-12(11)8-14)5-10-1-4-15(19)17(21)6-10/h1-4,6-9,18-21H,5H2. The first kappa shape index (κ1) is 13.1. The van der Waals surface area contributed by atoms with E-state index in [0.29, 0.717) is 12.0 Å². The highest BCUT2D eigenvalue weighted by atomic mass is 16.3. The number of hydrogen-bond acceptors (Lipinski definition) is 4. The minimum Gasteiger partial charge on any atom is -0.508 e. The fraction of sp³-hybridized carbons (Fsp3) is 0.0588. The Labute approximate surface area is 121 Å². The summed E-state index contributed by atoms with van der Waals surface area (Å²) in [6.07, 6.45) is 0.427. The molecule has 0 aliphatic carbocycles. The van der Waals surface area contributed by atoms with Crippen LogP contribution in [0.4, 0.5) is 0 Å². The van der Waals surface area contributed by atoms with Crippen LogP contribution in [0.15, 0.2) is 48.5 Å². The third kappa shape index (κ3) is 2.56. The molecular formula is C17H14O4. The quantitative estimate of drug-likeness (QED) is 0.544. The van der Waals surface area contributed by atoms with Crippen molar-refractivity contribution in [3.63, 3.8) is 0 Å². The van der Waals surface area contributed by atoms with Crippen molar-refractivity contribution in [3.8, 4) is 23.0 Å². The Kier molecular flexibility index (Phi) is 3.06. The van der Waals surface area contributed by atoms with Gasteiger partial charge in [-0.1, -0.05) is 12.1 Å². The zero-order valence-corrected chi connectivity index (χ0v) is 11.1. The van der Waals surface area contributed by atoms with Gasteiger partial charge < -0.3 is 20.4 Å². The van der Waals surface area contributed by atoms with E-state index in [1.54, 1.807) is 30.3 Å². The van der Waals surface area contributed by atoms with Gasteiger partial charge in [-0.15, -0.1) is 0 Å². The Morgan fingerprint density at radius 3 is 2.19 bits per heavy atom. The van der Waals surface area contributed by atoms with Crippen molar-refractivity contribution < 1.29 is 20.4 Å². The maximum Gasteiger partial charge on any atom is 0.157 e. The number of phenols is 4. The molecule has 0 bridgehead atoms. The summed E-state index contributed by atoms with van der Waals surface area (Å²) < 4.78 is 0. The van der Waals surface area contributed by atoms with Crippen LogP contribution in [0.3, 0.4) is 0 Å². The molecule has 0 saturated heterocycles. The number of phenolic OH excluding ortho intramolecular Hbond substituents is 4. The Bertz CT molecular complexity index is 824. The number of aromatic hydroxyl groups is 4. The molecule has 0 amide bonds. The molecule has 0 saturated carbocycles. The Hall–Kier alpha value is -2.88. The average molecular weight is 282 g/mol. The van der Waals surface area contributed by atoms with Crippen LogP contribution < -0.4 is 0 Å². The Morgan fingerprint density at radius 1 is 0.619 bits per heavy atom. The van der Waals surface area contributed by atoms with E-state index in [1.807, 2.05) is 6.07 Å². The summed E-state index contributed by atoms with van der Waals surface area (Å²) in [6.45, 7) is 0. The van der Waals surface area contributed by atoms with Gasteiger partial charge >= 0.3 is 0 Å². The van der Waals surface area contributed by atoms with Crippen LogP contribution >= 0.6 is 0 Å². The zero-order chi connectivity index (χ0) is 15.0. The number of fused-ring (bicyclic) bond motifs is 1. The lowest BCUT2D eigenvalue weighted by atomic mass is 9.99. The van der Waals surface area contributed by atoms with Crippen molar-refractivity contribution in [2.45, 2.75) is 6.42 Å². The lowest BCUT2D eigenvalue weighted by Crippen LogP contribution is -1.89. The van der Waals surface area contributed by atoms with E-state index in [2.05, 4.69) is 0 Å². The molecule has 0 aliphatic heterocycles. The van der Waals surface area contributed by atoms with Crippen LogP contribution in [0.5, 0.6) is 23.0 Å². The van der Waals surface area contributed by atoms with Gasteiger partial charge in [0.15, 0.2) is 11.5 Å². The summed E-state index contributed by atoms with van der Waals surface area (Å²) in [7, 11) is 0. The molecule has 4 heteroatoms. The van der Waals surface area contributed by atoms with Gasteiger partial charge in [0.2, 0.25) is 0 Å². The van der Waals surface area contributed by atoms with Gasteiger partial charge in [-0.2, -0.15) is 0 Å². The van der Waals surface area contributed by atoms with Gasteiger partial charge in [-0.25, -0.2) is 0 Å². The van der Waals surface area contributed by atoms with Gasteiger partial charge in [0.1, 0.15) is 11.5 Å². The molecular weight excluding hydrogens is 268 g/mol. The van der Waals surface area contributed by atoms with Gasteiger partial charge in [0.25, 0.3) is 0 Å². The van der Waals surface area contributed by atoms with Crippen molar-refractivity contribution in [2.24, 2.45) is 0 Å². The van der Waals surface area contributed by atoms with Gasteiger partial charge in [-0.3, -0.25) is 0 Å². The fourth-order valence-corrected chi connectivity index (χ4v) is 2.36. The van der Waals surface area contributed by atoms with Crippen LogP contribution in [0.1, 0.15) is 11.1 Å². The highest BCUT2D eigenvalue weighted by Gasteiger charge is 2.08. The molecule has 0 radical (unpaired) electrons. The highest BCUT2D eigenvalue weighted by Crippen LogP contribution is 2.31. The van der Waals surface area contributed by atoms with Crippen molar-refractivity contribution in [3.05, 3.63) is 59.7 Å². The second-order valence-electron chi connectivity index (χ2n) is 5.01. The summed E-state index contributed by atoms with van der Waals surface area (Å²) in [4.78, 5) is 0. The summed E-state index contributed by atoms with van der Waals surface area (Å²) >= 11 is 0. The summed E-state index contributed by atoms with van der Waals surface area (Å²) in [5, 5.41) is 40.0. The molecule has 3 aromatic rings. The fourth-order valence-electron chi connectivity index (χ4n) is 2.36. The molecule has 4 nitrogen and oxygen atoms in total. The minimum absolute atomic E-state index is 0.126. The topological polar surface area (TPSA) is 80.9 Å². The van der Waals surface area contributed by atoms with Crippen LogP contribution in [0.2, 0.25) is 0 Å². The van der Waals surface area contributed by atoms with Crippen LogP contribution in [-0.2, 0) is 6.42 Å². The highest BCUT2D eigenvalue weighted by molar-refractivity contribution is 5.86. The van der Waals surface area contributed by atoms with E-state index < -0.39 is 0 Å². The van der Waals surface area contributed by atoms with E-state index in [-0.39, 0.29) is 23.0 Å². The van der Waals surface area contributed by atoms with E-state index in [1.165, 1.54) is 12.1 Å². The van der Waals surface area contributed by atoms with E-state index in [4.69, 9.17) is 0 Å². The molecule has 0 atom stereocenters. The largest absolute Gasteiger partial charge is 0.508 e. The monoisotopic (exact) mass is 282 g/mol. The Balaban J connectivity index is 2.01. The normalized spacial score (nSPS) is 10.9. The lowest BCUT2D eigenvalue weighted by Gasteiger charge is -2.08. The summed E-state index contributed by atoms with van der Waals surface area (Å²) in [6, 6.07) is 13.0. The molecule has 3 rings (SSSR count). The molecule has 0 fully saturated rings. The number of benzene rings is 3. The van der Waals surface area contributed by atoms with Crippen molar-refractivity contribution >= 4 is 10.8 Å². The van der Waals surface area contributed by atoms with Gasteiger partial charge in [0.05, 0.1) is 0 Å². The molecule has 0 spiro atoms. The lowest BCUT2D eigenvalue weighted by molar-refractivity contribution is 0.403. The molecule has 0 aliphatic rings. The third-order valence-corrected chi connectivity index (χ3v) is 3.46. The first-order valence-corrected chi connectivity index (χ1v) is 6.48. The minimum atomic E-state index is -0.183. The first-order valence-electron chi connectivity index (χ1n) is 6.48. The maximum atomic E-state index is 10.1. The van der Waals surface area contributed by atoms with Crippen LogP contribution in [0.25, 0.3) is 10.8 Å². The van der Waals surface area contributed by atoms with Crippen LogP contribution in [-0.4, -0.2) is 20.4 Å². The third-order valence-electron chi connectivity index (χ3n) is 3.46. The molecule has 4 N–H and O–H groups in total. The SMILES string of the molecule is Oc1ccc2cc(Cc3ccc(O)c(O)c3)c(O)cc2c1. The predicted octanol–water partition coefficient (Wildman–Crippen LogP) is 3.25. The van der Waals surface area contributed by atoms with Crippen LogP contribution in [0, 0.1) is 0 Å². The number of rotatable bonds is 2. The summed E-state index contributed by atoms with van der Waals surface area (Å²) in [5.74, 6) is -0.0755. The smallest absolute Gasteiger partial charge is 0.157 e. The van der Waals surface area contributed by atoms with Crippen molar-refractivity contribution in [1.82, 2.24) is 0 Å². The van der Waals surface area contributed by atoms with Gasteiger partial charge in [-0.05, 0) is 58.3 Å². The second kappa shape index (κ2) is 4.90. The first-order chi connectivity index (χ1) is 10.0. The van der Waals surface area contributed by atoms with Gasteiger partial charge in [0, 0.05) is 6.42 Å². The molecule has 106 valence electrons. The maximum absolute atomic E-state index is 10.1. The molecule has 0 heterocycles. The van der Waals surface area contributed by atoms with Crippen molar-refractivity contribution in [2.75, 3.05) is 0 Å². The molecule has 0 aromatic heterocycles. The van der Waals surface area contributed by atoms with E-state index in [9.17, 15) is 20.4 Å². The zero-order valence-electron chi connectivity index (χ0n) is 11.1. The number of hydrogen-bond donors (Lipinski definition) is 4. The molecule has 3 aromatic carbocycles. The summed E-state index contributed by atoms with van der Waals surface area (Å²) in [5.41, 5.74) is 1.48. The predicted molar refractivity (Wildman–Crippen MR) is 79.9 cm³/mol. The second-order valence-corrected chi connectivity index (χ2v) is 5.01. The molecule has 0 unspecified atom stereocenters. The Morgan fingerprint density at radius 2 is 1.43 bits per heavy atom. The average Bonchev–Trinajstić information content (AvgIpc) is 2.44. The van der Waals surface area contributed by atoms with Crippen molar-refractivity contribution in [1.29, 1.82) is 0 Å².